The van der Waals surface area contributed by atoms with Crippen molar-refractivity contribution in [3.05, 3.63) is 33.8 Å². The fourth-order valence-corrected chi connectivity index (χ4v) is 1.96. The Bertz CT molecular complexity index is 300. The van der Waals surface area contributed by atoms with Crippen LogP contribution in [-0.2, 0) is 6.42 Å². The molecule has 0 nitrogen and oxygen atoms in total. The minimum absolute atomic E-state index is 0.559. The lowest BCUT2D eigenvalue weighted by Gasteiger charge is -2.13. The fourth-order valence-electron chi connectivity index (χ4n) is 1.65. The molecule has 0 spiro atoms. The highest BCUT2D eigenvalue weighted by atomic mass is 35.5. The van der Waals surface area contributed by atoms with Crippen LogP contribution in [0.1, 0.15) is 43.4 Å². The van der Waals surface area contributed by atoms with Crippen molar-refractivity contribution in [3.8, 4) is 0 Å². The van der Waals surface area contributed by atoms with Crippen LogP contribution >= 0.6 is 11.6 Å². The molecule has 0 radical (unpaired) electrons. The highest BCUT2D eigenvalue weighted by Gasteiger charge is 2.08. The first kappa shape index (κ1) is 10.6. The Morgan fingerprint density at radius 1 is 1.31 bits per heavy atom. The van der Waals surface area contributed by atoms with E-state index in [1.807, 2.05) is 0 Å². The molecular weight excluding hydrogens is 180 g/mol. The molecule has 0 unspecified atom stereocenters. The van der Waals surface area contributed by atoms with Gasteiger partial charge in [-0.05, 0) is 36.0 Å². The third-order valence-corrected chi connectivity index (χ3v) is 3.04. The molecule has 0 aliphatic rings. The first-order chi connectivity index (χ1) is 6.07. The number of hydrogen-bond donors (Lipinski definition) is 0. The van der Waals surface area contributed by atoms with Gasteiger partial charge in [0.05, 0.1) is 0 Å². The second-order valence-corrected chi connectivity index (χ2v) is 4.14. The first-order valence-electron chi connectivity index (χ1n) is 4.85. The van der Waals surface area contributed by atoms with Gasteiger partial charge in [-0.3, -0.25) is 0 Å². The summed E-state index contributed by atoms with van der Waals surface area (Å²) in [6.45, 7) is 8.64. The zero-order chi connectivity index (χ0) is 10.0. The summed E-state index contributed by atoms with van der Waals surface area (Å²) in [5.41, 5.74) is 3.86. The molecule has 0 N–H and O–H groups in total. The van der Waals surface area contributed by atoms with E-state index in [1.54, 1.807) is 0 Å². The molecule has 0 saturated heterocycles. The van der Waals surface area contributed by atoms with E-state index in [-0.39, 0.29) is 0 Å². The summed E-state index contributed by atoms with van der Waals surface area (Å²) in [4.78, 5) is 0. The van der Waals surface area contributed by atoms with Gasteiger partial charge in [0, 0.05) is 5.02 Å². The average molecular weight is 197 g/mol. The van der Waals surface area contributed by atoms with Crippen LogP contribution in [0, 0.1) is 6.92 Å². The van der Waals surface area contributed by atoms with Gasteiger partial charge in [0.1, 0.15) is 0 Å². The van der Waals surface area contributed by atoms with Crippen molar-refractivity contribution in [2.45, 2.75) is 40.0 Å². The summed E-state index contributed by atoms with van der Waals surface area (Å²) in [6.07, 6.45) is 1.01. The fraction of sp³-hybridized carbons (Fsp3) is 0.500. The molecular formula is C12H17Cl. The average Bonchev–Trinajstić information content (AvgIpc) is 2.09. The third-order valence-electron chi connectivity index (χ3n) is 2.51. The molecule has 13 heavy (non-hydrogen) atoms. The Morgan fingerprint density at radius 2 is 1.92 bits per heavy atom. The molecule has 72 valence electrons. The topological polar surface area (TPSA) is 0 Å². The van der Waals surface area contributed by atoms with Crippen LogP contribution < -0.4 is 0 Å². The van der Waals surface area contributed by atoms with Gasteiger partial charge >= 0.3 is 0 Å². The van der Waals surface area contributed by atoms with Gasteiger partial charge in [-0.15, -0.1) is 0 Å². The van der Waals surface area contributed by atoms with E-state index in [9.17, 15) is 0 Å². The molecule has 0 amide bonds. The number of hydrogen-bond acceptors (Lipinski definition) is 0. The second kappa shape index (κ2) is 4.15. The normalized spacial score (nSPS) is 10.9. The molecule has 1 aromatic carbocycles. The summed E-state index contributed by atoms with van der Waals surface area (Å²) in [5.74, 6) is 0.559. The molecule has 1 aromatic rings. The largest absolute Gasteiger partial charge is 0.0837 e. The van der Waals surface area contributed by atoms with E-state index in [0.717, 1.165) is 11.4 Å². The van der Waals surface area contributed by atoms with Crippen molar-refractivity contribution in [3.63, 3.8) is 0 Å². The first-order valence-corrected chi connectivity index (χ1v) is 5.23. The SMILES string of the molecule is CCc1ccc(C(C)C)c(C)c1Cl. The molecule has 1 rings (SSSR count). The van der Waals surface area contributed by atoms with Crippen molar-refractivity contribution in [1.82, 2.24) is 0 Å². The van der Waals surface area contributed by atoms with Crippen molar-refractivity contribution < 1.29 is 0 Å². The maximum Gasteiger partial charge on any atom is 0.0469 e. The van der Waals surface area contributed by atoms with E-state index < -0.39 is 0 Å². The van der Waals surface area contributed by atoms with Crippen LogP contribution in [0.15, 0.2) is 12.1 Å². The van der Waals surface area contributed by atoms with Crippen molar-refractivity contribution in [2.24, 2.45) is 0 Å². The zero-order valence-electron chi connectivity index (χ0n) is 8.82. The minimum atomic E-state index is 0.559. The van der Waals surface area contributed by atoms with Gasteiger partial charge in [-0.1, -0.05) is 44.5 Å². The van der Waals surface area contributed by atoms with Crippen LogP contribution in [0.5, 0.6) is 0 Å². The highest BCUT2D eigenvalue weighted by molar-refractivity contribution is 6.32. The predicted molar refractivity (Wildman–Crippen MR) is 59.7 cm³/mol. The Morgan fingerprint density at radius 3 is 2.38 bits per heavy atom. The Balaban J connectivity index is 3.23. The maximum atomic E-state index is 6.24. The summed E-state index contributed by atoms with van der Waals surface area (Å²) in [6, 6.07) is 4.34. The molecule has 0 bridgehead atoms. The summed E-state index contributed by atoms with van der Waals surface area (Å²) >= 11 is 6.24. The van der Waals surface area contributed by atoms with Gasteiger partial charge < -0.3 is 0 Å². The molecule has 0 fully saturated rings. The summed E-state index contributed by atoms with van der Waals surface area (Å²) < 4.78 is 0. The Hall–Kier alpha value is -0.490. The quantitative estimate of drug-likeness (QED) is 0.661. The lowest BCUT2D eigenvalue weighted by atomic mass is 9.95. The van der Waals surface area contributed by atoms with Crippen molar-refractivity contribution >= 4 is 11.6 Å². The molecule has 0 atom stereocenters. The lowest BCUT2D eigenvalue weighted by molar-refractivity contribution is 0.854. The van der Waals surface area contributed by atoms with E-state index in [4.69, 9.17) is 11.6 Å². The van der Waals surface area contributed by atoms with E-state index in [0.29, 0.717) is 5.92 Å². The molecule has 0 heterocycles. The lowest BCUT2D eigenvalue weighted by Crippen LogP contribution is -1.95. The van der Waals surface area contributed by atoms with Crippen molar-refractivity contribution in [2.75, 3.05) is 0 Å². The van der Waals surface area contributed by atoms with Crippen LogP contribution in [0.25, 0.3) is 0 Å². The van der Waals surface area contributed by atoms with E-state index >= 15 is 0 Å². The maximum absolute atomic E-state index is 6.24. The van der Waals surface area contributed by atoms with E-state index in [1.165, 1.54) is 16.7 Å². The third kappa shape index (κ3) is 2.05. The standard InChI is InChI=1S/C12H17Cl/c1-5-10-6-7-11(8(2)3)9(4)12(10)13/h6-8H,5H2,1-4H3. The molecule has 0 aliphatic heterocycles. The molecule has 0 aliphatic carbocycles. The molecule has 0 aromatic heterocycles. The van der Waals surface area contributed by atoms with Crippen LogP contribution in [0.4, 0.5) is 0 Å². The highest BCUT2D eigenvalue weighted by Crippen LogP contribution is 2.28. The number of rotatable bonds is 2. The summed E-state index contributed by atoms with van der Waals surface area (Å²) in [5, 5.41) is 0.953. The molecule has 1 heteroatoms. The van der Waals surface area contributed by atoms with Crippen molar-refractivity contribution in [1.29, 1.82) is 0 Å². The molecule has 0 saturated carbocycles. The number of benzene rings is 1. The summed E-state index contributed by atoms with van der Waals surface area (Å²) in [7, 11) is 0. The van der Waals surface area contributed by atoms with Gasteiger partial charge in [-0.25, -0.2) is 0 Å². The monoisotopic (exact) mass is 196 g/mol. The van der Waals surface area contributed by atoms with Crippen LogP contribution in [0.2, 0.25) is 5.02 Å². The zero-order valence-corrected chi connectivity index (χ0v) is 9.57. The Kier molecular flexibility index (Phi) is 3.38. The minimum Gasteiger partial charge on any atom is -0.0837 e. The van der Waals surface area contributed by atoms with E-state index in [2.05, 4.69) is 39.8 Å². The predicted octanol–water partition coefficient (Wildman–Crippen LogP) is 4.33. The van der Waals surface area contributed by atoms with Crippen LogP contribution in [0.3, 0.4) is 0 Å². The smallest absolute Gasteiger partial charge is 0.0469 e. The number of halogens is 1. The Labute approximate surface area is 85.9 Å². The van der Waals surface area contributed by atoms with Gasteiger partial charge in [0.15, 0.2) is 0 Å². The van der Waals surface area contributed by atoms with Crippen LogP contribution in [-0.4, -0.2) is 0 Å². The number of aryl methyl sites for hydroxylation is 1. The second-order valence-electron chi connectivity index (χ2n) is 3.76. The van der Waals surface area contributed by atoms with Gasteiger partial charge in [-0.2, -0.15) is 0 Å². The van der Waals surface area contributed by atoms with Gasteiger partial charge in [0.25, 0.3) is 0 Å². The van der Waals surface area contributed by atoms with Gasteiger partial charge in [0.2, 0.25) is 0 Å².